The number of hydrogen-bond acceptors (Lipinski definition) is 1. The van der Waals surface area contributed by atoms with Crippen LogP contribution in [0.25, 0.3) is 0 Å². The van der Waals surface area contributed by atoms with Gasteiger partial charge in [0, 0.05) is 17.8 Å². The Morgan fingerprint density at radius 3 is 2.90 bits per heavy atom. The molecule has 52 valence electrons. The van der Waals surface area contributed by atoms with Crippen LogP contribution in [0.1, 0.15) is 30.0 Å². The van der Waals surface area contributed by atoms with E-state index in [4.69, 9.17) is 0 Å². The van der Waals surface area contributed by atoms with E-state index in [9.17, 15) is 0 Å². The molecule has 10 heavy (non-hydrogen) atoms. The first kappa shape index (κ1) is 5.90. The van der Waals surface area contributed by atoms with E-state index in [1.807, 2.05) is 12.3 Å². The Morgan fingerprint density at radius 1 is 1.50 bits per heavy atom. The van der Waals surface area contributed by atoms with Gasteiger partial charge in [0.05, 0.1) is 0 Å². The molecule has 1 aliphatic carbocycles. The Bertz CT molecular complexity index is 238. The van der Waals surface area contributed by atoms with Crippen LogP contribution < -0.4 is 0 Å². The monoisotopic (exact) mass is 133 g/mol. The second-order valence-corrected chi connectivity index (χ2v) is 3.03. The van der Waals surface area contributed by atoms with Crippen molar-refractivity contribution in [1.29, 1.82) is 0 Å². The van der Waals surface area contributed by atoms with Gasteiger partial charge in [0.15, 0.2) is 0 Å². The molecule has 0 spiro atoms. The summed E-state index contributed by atoms with van der Waals surface area (Å²) < 4.78 is 0. The molecule has 0 N–H and O–H groups in total. The van der Waals surface area contributed by atoms with Crippen LogP contribution in [0.5, 0.6) is 0 Å². The Labute approximate surface area is 61.1 Å². The Kier molecular flexibility index (Phi) is 1.23. The fourth-order valence-corrected chi connectivity index (χ4v) is 1.16. The highest BCUT2D eigenvalue weighted by molar-refractivity contribution is 5.20. The highest BCUT2D eigenvalue weighted by Gasteiger charge is 2.24. The summed E-state index contributed by atoms with van der Waals surface area (Å²) >= 11 is 0. The summed E-state index contributed by atoms with van der Waals surface area (Å²) in [4.78, 5) is 4.30. The Balaban J connectivity index is 2.32. The lowest BCUT2D eigenvalue weighted by atomic mass is 10.2. The van der Waals surface area contributed by atoms with Gasteiger partial charge in [-0.2, -0.15) is 0 Å². The van der Waals surface area contributed by atoms with Gasteiger partial charge in [0.1, 0.15) is 0 Å². The molecule has 0 aromatic carbocycles. The molecule has 1 heterocycles. The van der Waals surface area contributed by atoms with Crippen LogP contribution in [0.15, 0.2) is 18.3 Å². The summed E-state index contributed by atoms with van der Waals surface area (Å²) in [6, 6.07) is 4.24. The maximum atomic E-state index is 4.30. The van der Waals surface area contributed by atoms with Crippen molar-refractivity contribution in [3.63, 3.8) is 0 Å². The summed E-state index contributed by atoms with van der Waals surface area (Å²) in [5.41, 5.74) is 2.62. The van der Waals surface area contributed by atoms with E-state index >= 15 is 0 Å². The first-order valence-electron chi connectivity index (χ1n) is 3.79. The first-order chi connectivity index (χ1) is 4.86. The van der Waals surface area contributed by atoms with Crippen molar-refractivity contribution in [2.45, 2.75) is 25.7 Å². The highest BCUT2D eigenvalue weighted by atomic mass is 14.7. The second kappa shape index (κ2) is 2.08. The van der Waals surface area contributed by atoms with Crippen molar-refractivity contribution in [3.05, 3.63) is 29.6 Å². The molecule has 0 radical (unpaired) electrons. The molecule has 0 aliphatic heterocycles. The zero-order valence-electron chi connectivity index (χ0n) is 6.17. The van der Waals surface area contributed by atoms with Gasteiger partial charge in [-0.3, -0.25) is 4.98 Å². The fourth-order valence-electron chi connectivity index (χ4n) is 1.16. The van der Waals surface area contributed by atoms with E-state index in [2.05, 4.69) is 18.0 Å². The molecule has 0 unspecified atom stereocenters. The topological polar surface area (TPSA) is 12.9 Å². The third-order valence-corrected chi connectivity index (χ3v) is 1.93. The normalized spacial score (nSPS) is 17.3. The largest absolute Gasteiger partial charge is 0.261 e. The lowest BCUT2D eigenvalue weighted by Crippen LogP contribution is -1.85. The Morgan fingerprint density at radius 2 is 2.30 bits per heavy atom. The minimum atomic E-state index is 0.792. The van der Waals surface area contributed by atoms with Crippen LogP contribution in [0.4, 0.5) is 0 Å². The maximum Gasteiger partial charge on any atom is 0.0437 e. The summed E-state index contributed by atoms with van der Waals surface area (Å²) in [5, 5.41) is 0. The first-order valence-corrected chi connectivity index (χ1v) is 3.79. The summed E-state index contributed by atoms with van der Waals surface area (Å²) in [6.45, 7) is 2.12. The average molecular weight is 133 g/mol. The van der Waals surface area contributed by atoms with Crippen molar-refractivity contribution in [3.8, 4) is 0 Å². The SMILES string of the molecule is Cc1ccnc(C2CC2)c1. The molecule has 1 saturated carbocycles. The van der Waals surface area contributed by atoms with Gasteiger partial charge >= 0.3 is 0 Å². The Hall–Kier alpha value is -0.850. The van der Waals surface area contributed by atoms with E-state index in [0.717, 1.165) is 5.92 Å². The third kappa shape index (κ3) is 1.04. The van der Waals surface area contributed by atoms with Crippen LogP contribution in [-0.4, -0.2) is 4.98 Å². The minimum absolute atomic E-state index is 0.792. The molecule has 0 bridgehead atoms. The average Bonchev–Trinajstić information content (AvgIpc) is 2.68. The molecule has 2 rings (SSSR count). The fraction of sp³-hybridized carbons (Fsp3) is 0.444. The molecule has 0 saturated heterocycles. The molecule has 1 nitrogen and oxygen atoms in total. The van der Waals surface area contributed by atoms with Gasteiger partial charge in [-0.15, -0.1) is 0 Å². The van der Waals surface area contributed by atoms with Crippen molar-refractivity contribution in [2.24, 2.45) is 0 Å². The van der Waals surface area contributed by atoms with Crippen LogP contribution in [-0.2, 0) is 0 Å². The lowest BCUT2D eigenvalue weighted by Gasteiger charge is -1.96. The summed E-state index contributed by atoms with van der Waals surface area (Å²) in [7, 11) is 0. The van der Waals surface area contributed by atoms with Crippen molar-refractivity contribution in [1.82, 2.24) is 4.98 Å². The summed E-state index contributed by atoms with van der Waals surface area (Å²) in [5.74, 6) is 0.792. The maximum absolute atomic E-state index is 4.30. The van der Waals surface area contributed by atoms with Crippen molar-refractivity contribution < 1.29 is 0 Å². The smallest absolute Gasteiger partial charge is 0.0437 e. The van der Waals surface area contributed by atoms with E-state index < -0.39 is 0 Å². The van der Waals surface area contributed by atoms with Crippen LogP contribution >= 0.6 is 0 Å². The number of aryl methyl sites for hydroxylation is 1. The molecular weight excluding hydrogens is 122 g/mol. The predicted molar refractivity (Wildman–Crippen MR) is 40.9 cm³/mol. The van der Waals surface area contributed by atoms with Gasteiger partial charge < -0.3 is 0 Å². The molecule has 1 heteroatoms. The van der Waals surface area contributed by atoms with Gasteiger partial charge in [-0.05, 0) is 37.5 Å². The minimum Gasteiger partial charge on any atom is -0.261 e. The van der Waals surface area contributed by atoms with Gasteiger partial charge in [-0.1, -0.05) is 0 Å². The zero-order valence-corrected chi connectivity index (χ0v) is 6.17. The second-order valence-electron chi connectivity index (χ2n) is 3.03. The quantitative estimate of drug-likeness (QED) is 0.572. The molecule has 0 amide bonds. The molecule has 1 fully saturated rings. The van der Waals surface area contributed by atoms with Gasteiger partial charge in [0.2, 0.25) is 0 Å². The standard InChI is InChI=1S/C9H11N/c1-7-4-5-10-9(6-7)8-2-3-8/h4-6,8H,2-3H2,1H3. The summed E-state index contributed by atoms with van der Waals surface area (Å²) in [6.07, 6.45) is 4.59. The number of pyridine rings is 1. The highest BCUT2D eigenvalue weighted by Crippen LogP contribution is 2.38. The van der Waals surface area contributed by atoms with Crippen LogP contribution in [0.2, 0.25) is 0 Å². The van der Waals surface area contributed by atoms with Crippen molar-refractivity contribution >= 4 is 0 Å². The van der Waals surface area contributed by atoms with E-state index in [-0.39, 0.29) is 0 Å². The molecule has 1 aliphatic rings. The zero-order chi connectivity index (χ0) is 6.97. The van der Waals surface area contributed by atoms with Crippen LogP contribution in [0, 0.1) is 6.92 Å². The van der Waals surface area contributed by atoms with Crippen LogP contribution in [0.3, 0.4) is 0 Å². The predicted octanol–water partition coefficient (Wildman–Crippen LogP) is 2.27. The van der Waals surface area contributed by atoms with Gasteiger partial charge in [0.25, 0.3) is 0 Å². The van der Waals surface area contributed by atoms with E-state index in [1.54, 1.807) is 0 Å². The van der Waals surface area contributed by atoms with Crippen molar-refractivity contribution in [2.75, 3.05) is 0 Å². The lowest BCUT2D eigenvalue weighted by molar-refractivity contribution is 1.01. The van der Waals surface area contributed by atoms with E-state index in [1.165, 1.54) is 24.1 Å². The molecule has 0 atom stereocenters. The molecular formula is C9H11N. The molecule has 1 aromatic heterocycles. The number of aromatic nitrogens is 1. The van der Waals surface area contributed by atoms with E-state index in [0.29, 0.717) is 0 Å². The third-order valence-electron chi connectivity index (χ3n) is 1.93. The number of hydrogen-bond donors (Lipinski definition) is 0. The number of rotatable bonds is 1. The van der Waals surface area contributed by atoms with Gasteiger partial charge in [-0.25, -0.2) is 0 Å². The molecule has 1 aromatic rings. The number of nitrogens with zero attached hydrogens (tertiary/aromatic N) is 1.